The molecule has 2 rings (SSSR count). The zero-order valence-corrected chi connectivity index (χ0v) is 12.5. The molecule has 0 amide bonds. The number of carboxylic acid groups (broad SMARTS) is 1. The Hall–Kier alpha value is -2.36. The van der Waals surface area contributed by atoms with Crippen molar-refractivity contribution in [2.45, 2.75) is 26.2 Å². The Bertz CT molecular complexity index is 652. The van der Waals surface area contributed by atoms with Crippen LogP contribution in [0, 0.1) is 13.8 Å². The lowest BCUT2D eigenvalue weighted by Crippen LogP contribution is -2.15. The zero-order chi connectivity index (χ0) is 15.4. The number of aryl methyl sites for hydroxylation is 2. The molecule has 0 fully saturated rings. The smallest absolute Gasteiger partial charge is 0.311 e. The third-order valence-corrected chi connectivity index (χ3v) is 3.37. The molecular formula is C17H19NO3. The van der Waals surface area contributed by atoms with E-state index < -0.39 is 11.9 Å². The lowest BCUT2D eigenvalue weighted by atomic mass is 9.93. The van der Waals surface area contributed by atoms with Crippen LogP contribution in [0.1, 0.15) is 28.4 Å². The SMILES string of the molecule is COc1cc(C)nc(CC(C(=O)O)c2cccc(C)c2)c1. The number of carbonyl (C=O) groups is 1. The average Bonchev–Trinajstić information content (AvgIpc) is 2.43. The lowest BCUT2D eigenvalue weighted by Gasteiger charge is -2.14. The quantitative estimate of drug-likeness (QED) is 0.917. The molecular weight excluding hydrogens is 266 g/mol. The summed E-state index contributed by atoms with van der Waals surface area (Å²) in [5, 5.41) is 9.52. The van der Waals surface area contributed by atoms with Gasteiger partial charge in [-0.3, -0.25) is 9.78 Å². The predicted molar refractivity (Wildman–Crippen MR) is 80.8 cm³/mol. The fourth-order valence-electron chi connectivity index (χ4n) is 2.37. The molecule has 1 unspecified atom stereocenters. The van der Waals surface area contributed by atoms with Gasteiger partial charge in [0.05, 0.1) is 13.0 Å². The fourth-order valence-corrected chi connectivity index (χ4v) is 2.37. The van der Waals surface area contributed by atoms with E-state index in [-0.39, 0.29) is 0 Å². The van der Waals surface area contributed by atoms with Crippen molar-refractivity contribution in [2.75, 3.05) is 7.11 Å². The first-order chi connectivity index (χ1) is 9.99. The Morgan fingerprint density at radius 3 is 2.67 bits per heavy atom. The first kappa shape index (κ1) is 15.0. The summed E-state index contributed by atoms with van der Waals surface area (Å²) in [6.07, 6.45) is 0.344. The van der Waals surface area contributed by atoms with E-state index in [9.17, 15) is 9.90 Å². The minimum atomic E-state index is -0.845. The van der Waals surface area contributed by atoms with Gasteiger partial charge in [0.25, 0.3) is 0 Å². The summed E-state index contributed by atoms with van der Waals surface area (Å²) < 4.78 is 5.22. The van der Waals surface area contributed by atoms with Gasteiger partial charge in [-0.25, -0.2) is 0 Å². The normalized spacial score (nSPS) is 12.0. The summed E-state index contributed by atoms with van der Waals surface area (Å²) >= 11 is 0. The number of hydrogen-bond donors (Lipinski definition) is 1. The second-order valence-electron chi connectivity index (χ2n) is 5.15. The fraction of sp³-hybridized carbons (Fsp3) is 0.294. The first-order valence-electron chi connectivity index (χ1n) is 6.80. The number of methoxy groups -OCH3 is 1. The summed E-state index contributed by atoms with van der Waals surface area (Å²) in [5.74, 6) is -0.752. The van der Waals surface area contributed by atoms with Crippen molar-refractivity contribution in [1.29, 1.82) is 0 Å². The maximum atomic E-state index is 11.6. The molecule has 1 atom stereocenters. The number of rotatable bonds is 5. The molecule has 0 bridgehead atoms. The molecule has 0 saturated carbocycles. The molecule has 21 heavy (non-hydrogen) atoms. The van der Waals surface area contributed by atoms with Gasteiger partial charge >= 0.3 is 5.97 Å². The third kappa shape index (κ3) is 3.81. The molecule has 4 nitrogen and oxygen atoms in total. The third-order valence-electron chi connectivity index (χ3n) is 3.37. The molecule has 0 saturated heterocycles. The van der Waals surface area contributed by atoms with Gasteiger partial charge in [-0.15, -0.1) is 0 Å². The van der Waals surface area contributed by atoms with E-state index in [1.807, 2.05) is 44.2 Å². The first-order valence-corrected chi connectivity index (χ1v) is 6.80. The van der Waals surface area contributed by atoms with E-state index in [0.717, 1.165) is 22.5 Å². The molecule has 2 aromatic rings. The highest BCUT2D eigenvalue weighted by molar-refractivity contribution is 5.76. The molecule has 1 aromatic heterocycles. The number of hydrogen-bond acceptors (Lipinski definition) is 3. The van der Waals surface area contributed by atoms with Gasteiger partial charge in [0, 0.05) is 29.9 Å². The highest BCUT2D eigenvalue weighted by Gasteiger charge is 2.21. The molecule has 1 aromatic carbocycles. The maximum Gasteiger partial charge on any atom is 0.311 e. The Morgan fingerprint density at radius 1 is 1.29 bits per heavy atom. The summed E-state index contributed by atoms with van der Waals surface area (Å²) in [7, 11) is 1.59. The number of nitrogens with zero attached hydrogens (tertiary/aromatic N) is 1. The number of pyridine rings is 1. The summed E-state index contributed by atoms with van der Waals surface area (Å²) in [6.45, 7) is 3.82. The summed E-state index contributed by atoms with van der Waals surface area (Å²) in [4.78, 5) is 16.0. The van der Waals surface area contributed by atoms with Gasteiger partial charge in [-0.05, 0) is 19.4 Å². The topological polar surface area (TPSA) is 59.4 Å². The van der Waals surface area contributed by atoms with Gasteiger partial charge in [-0.2, -0.15) is 0 Å². The van der Waals surface area contributed by atoms with Crippen molar-refractivity contribution in [1.82, 2.24) is 4.98 Å². The standard InChI is InChI=1S/C17H19NO3/c1-11-5-4-6-13(7-11)16(17(19)20)10-14-9-15(21-3)8-12(2)18-14/h4-9,16H,10H2,1-3H3,(H,19,20). The van der Waals surface area contributed by atoms with Crippen molar-refractivity contribution >= 4 is 5.97 Å². The van der Waals surface area contributed by atoms with Crippen molar-refractivity contribution in [2.24, 2.45) is 0 Å². The van der Waals surface area contributed by atoms with Crippen LogP contribution in [0.4, 0.5) is 0 Å². The second kappa shape index (κ2) is 6.39. The molecule has 1 heterocycles. The van der Waals surface area contributed by atoms with Gasteiger partial charge in [0.1, 0.15) is 5.75 Å². The van der Waals surface area contributed by atoms with Crippen LogP contribution < -0.4 is 4.74 Å². The van der Waals surface area contributed by atoms with Crippen LogP contribution in [-0.4, -0.2) is 23.2 Å². The van der Waals surface area contributed by atoms with E-state index in [2.05, 4.69) is 4.98 Å². The van der Waals surface area contributed by atoms with E-state index in [1.54, 1.807) is 13.2 Å². The summed E-state index contributed by atoms with van der Waals surface area (Å²) in [6, 6.07) is 11.2. The van der Waals surface area contributed by atoms with Gasteiger partial charge in [-0.1, -0.05) is 29.8 Å². The van der Waals surface area contributed by atoms with Crippen molar-refractivity contribution in [3.63, 3.8) is 0 Å². The second-order valence-corrected chi connectivity index (χ2v) is 5.15. The van der Waals surface area contributed by atoms with E-state index in [0.29, 0.717) is 12.2 Å². The monoisotopic (exact) mass is 285 g/mol. The minimum absolute atomic E-state index is 0.344. The molecule has 0 aliphatic heterocycles. The van der Waals surface area contributed by atoms with Gasteiger partial charge in [0.2, 0.25) is 0 Å². The molecule has 0 aliphatic rings. The highest BCUT2D eigenvalue weighted by Crippen LogP contribution is 2.23. The Labute approximate surface area is 124 Å². The van der Waals surface area contributed by atoms with Crippen LogP contribution >= 0.6 is 0 Å². The maximum absolute atomic E-state index is 11.6. The number of ether oxygens (including phenoxy) is 1. The van der Waals surface area contributed by atoms with Crippen LogP contribution in [-0.2, 0) is 11.2 Å². The summed E-state index contributed by atoms with van der Waals surface area (Å²) in [5.41, 5.74) is 3.39. The molecule has 0 radical (unpaired) electrons. The molecule has 110 valence electrons. The zero-order valence-electron chi connectivity index (χ0n) is 12.5. The number of aromatic nitrogens is 1. The Kier molecular flexibility index (Phi) is 4.58. The predicted octanol–water partition coefficient (Wildman–Crippen LogP) is 3.12. The number of carboxylic acids is 1. The molecule has 4 heteroatoms. The number of aliphatic carboxylic acids is 1. The number of benzene rings is 1. The van der Waals surface area contributed by atoms with Crippen LogP contribution in [0.2, 0.25) is 0 Å². The van der Waals surface area contributed by atoms with Crippen LogP contribution in [0.25, 0.3) is 0 Å². The molecule has 0 spiro atoms. The lowest BCUT2D eigenvalue weighted by molar-refractivity contribution is -0.138. The van der Waals surface area contributed by atoms with Gasteiger partial charge < -0.3 is 9.84 Å². The minimum Gasteiger partial charge on any atom is -0.497 e. The van der Waals surface area contributed by atoms with Gasteiger partial charge in [0.15, 0.2) is 0 Å². The Morgan fingerprint density at radius 2 is 2.05 bits per heavy atom. The van der Waals surface area contributed by atoms with E-state index in [1.165, 1.54) is 0 Å². The van der Waals surface area contributed by atoms with Crippen molar-refractivity contribution in [3.05, 3.63) is 58.9 Å². The van der Waals surface area contributed by atoms with Crippen LogP contribution in [0.3, 0.4) is 0 Å². The van der Waals surface area contributed by atoms with Crippen molar-refractivity contribution in [3.8, 4) is 5.75 Å². The van der Waals surface area contributed by atoms with Crippen LogP contribution in [0.15, 0.2) is 36.4 Å². The highest BCUT2D eigenvalue weighted by atomic mass is 16.5. The molecule has 0 aliphatic carbocycles. The molecule has 1 N–H and O–H groups in total. The van der Waals surface area contributed by atoms with Crippen LogP contribution in [0.5, 0.6) is 5.75 Å². The Balaban J connectivity index is 2.33. The average molecular weight is 285 g/mol. The largest absolute Gasteiger partial charge is 0.497 e. The van der Waals surface area contributed by atoms with E-state index >= 15 is 0 Å². The van der Waals surface area contributed by atoms with E-state index in [4.69, 9.17) is 4.74 Å². The van der Waals surface area contributed by atoms with Crippen molar-refractivity contribution < 1.29 is 14.6 Å².